The van der Waals surface area contributed by atoms with Crippen LogP contribution in [-0.4, -0.2) is 26.2 Å². The van der Waals surface area contributed by atoms with Crippen LogP contribution in [0, 0.1) is 0 Å². The number of rotatable bonds is 9. The summed E-state index contributed by atoms with van der Waals surface area (Å²) in [5.74, 6) is 0. The molecule has 0 saturated carbocycles. The van der Waals surface area contributed by atoms with Gasteiger partial charge in [-0.2, -0.15) is 0 Å². The summed E-state index contributed by atoms with van der Waals surface area (Å²) < 4.78 is 0. The van der Waals surface area contributed by atoms with Crippen LogP contribution in [0.2, 0.25) is 0 Å². The normalized spacial score (nSPS) is 10.5. The van der Waals surface area contributed by atoms with Crippen LogP contribution in [0.1, 0.15) is 39.5 Å². The van der Waals surface area contributed by atoms with Gasteiger partial charge in [0, 0.05) is 0 Å². The van der Waals surface area contributed by atoms with Crippen molar-refractivity contribution >= 4 is 0 Å². The molecule has 0 bridgehead atoms. The molecule has 0 aliphatic carbocycles. The zero-order valence-corrected chi connectivity index (χ0v) is 8.66. The van der Waals surface area contributed by atoms with Crippen LogP contribution in [0.15, 0.2) is 0 Å². The molecule has 0 unspecified atom stereocenters. The molecule has 2 nitrogen and oxygen atoms in total. The molecule has 12 heavy (non-hydrogen) atoms. The Kier molecular flexibility index (Phi) is 10.8. The van der Waals surface area contributed by atoms with Gasteiger partial charge in [0.15, 0.2) is 0 Å². The van der Waals surface area contributed by atoms with E-state index >= 15 is 0 Å². The van der Waals surface area contributed by atoms with E-state index in [1.165, 1.54) is 32.2 Å². The molecular formula is C10H24N2. The van der Waals surface area contributed by atoms with E-state index in [2.05, 4.69) is 24.5 Å². The molecule has 0 aromatic heterocycles. The van der Waals surface area contributed by atoms with Gasteiger partial charge in [0.25, 0.3) is 0 Å². The van der Waals surface area contributed by atoms with Crippen LogP contribution in [0.5, 0.6) is 0 Å². The molecule has 0 fully saturated rings. The maximum absolute atomic E-state index is 3.44. The fourth-order valence-corrected chi connectivity index (χ4v) is 1.14. The Labute approximate surface area is 77.1 Å². The lowest BCUT2D eigenvalue weighted by Gasteiger charge is -2.03. The van der Waals surface area contributed by atoms with Crippen molar-refractivity contribution in [3.05, 3.63) is 0 Å². The van der Waals surface area contributed by atoms with Crippen LogP contribution < -0.4 is 10.6 Å². The predicted molar refractivity (Wildman–Crippen MR) is 55.6 cm³/mol. The van der Waals surface area contributed by atoms with Gasteiger partial charge in [0.05, 0.1) is 0 Å². The zero-order valence-electron chi connectivity index (χ0n) is 8.66. The van der Waals surface area contributed by atoms with Crippen molar-refractivity contribution in [3.63, 3.8) is 0 Å². The Bertz CT molecular complexity index is 64.2. The first kappa shape index (κ1) is 11.9. The van der Waals surface area contributed by atoms with Crippen LogP contribution in [-0.2, 0) is 0 Å². The van der Waals surface area contributed by atoms with Crippen molar-refractivity contribution in [2.45, 2.75) is 39.5 Å². The Morgan fingerprint density at radius 3 is 2.08 bits per heavy atom. The molecule has 0 atom stereocenters. The quantitative estimate of drug-likeness (QED) is 0.518. The molecule has 0 aliphatic rings. The highest BCUT2D eigenvalue weighted by atomic mass is 14.9. The lowest BCUT2D eigenvalue weighted by atomic mass is 10.2. The second kappa shape index (κ2) is 10.9. The van der Waals surface area contributed by atoms with Crippen LogP contribution in [0.4, 0.5) is 0 Å². The van der Waals surface area contributed by atoms with E-state index in [1.807, 2.05) is 0 Å². The number of nitrogens with one attached hydrogen (secondary N) is 2. The van der Waals surface area contributed by atoms with Gasteiger partial charge in [-0.1, -0.05) is 26.7 Å². The van der Waals surface area contributed by atoms with E-state index in [-0.39, 0.29) is 0 Å². The smallest absolute Gasteiger partial charge is 0.00368 e. The molecule has 0 amide bonds. The van der Waals surface area contributed by atoms with Gasteiger partial charge in [0.1, 0.15) is 0 Å². The van der Waals surface area contributed by atoms with Crippen LogP contribution >= 0.6 is 0 Å². The second-order valence-corrected chi connectivity index (χ2v) is 3.16. The Balaban J connectivity index is 2.73. The van der Waals surface area contributed by atoms with E-state index in [1.54, 1.807) is 0 Å². The van der Waals surface area contributed by atoms with Crippen LogP contribution in [0.3, 0.4) is 0 Å². The summed E-state index contributed by atoms with van der Waals surface area (Å²) in [5, 5.41) is 6.75. The number of hydrogen-bond donors (Lipinski definition) is 2. The summed E-state index contributed by atoms with van der Waals surface area (Å²) >= 11 is 0. The van der Waals surface area contributed by atoms with Crippen molar-refractivity contribution in [1.82, 2.24) is 10.6 Å². The van der Waals surface area contributed by atoms with E-state index in [0.29, 0.717) is 0 Å². The first-order chi connectivity index (χ1) is 5.91. The molecule has 2 heteroatoms. The minimum atomic E-state index is 1.09. The molecule has 0 aromatic carbocycles. The summed E-state index contributed by atoms with van der Waals surface area (Å²) in [6, 6.07) is 0. The lowest BCUT2D eigenvalue weighted by molar-refractivity contribution is 0.579. The molecule has 0 aliphatic heterocycles. The summed E-state index contributed by atoms with van der Waals surface area (Å²) in [4.78, 5) is 0. The molecule has 0 aromatic rings. The highest BCUT2D eigenvalue weighted by Crippen LogP contribution is 1.90. The average Bonchev–Trinajstić information content (AvgIpc) is 2.10. The predicted octanol–water partition coefficient (Wildman–Crippen LogP) is 1.77. The highest BCUT2D eigenvalue weighted by molar-refractivity contribution is 4.50. The SMILES string of the molecule is CCCCCNCCCNCC. The van der Waals surface area contributed by atoms with Gasteiger partial charge in [-0.15, -0.1) is 0 Å². The average molecular weight is 172 g/mol. The van der Waals surface area contributed by atoms with Crippen molar-refractivity contribution in [1.29, 1.82) is 0 Å². The fraction of sp³-hybridized carbons (Fsp3) is 1.00. The Morgan fingerprint density at radius 2 is 1.42 bits per heavy atom. The fourth-order valence-electron chi connectivity index (χ4n) is 1.14. The van der Waals surface area contributed by atoms with E-state index < -0.39 is 0 Å². The number of unbranched alkanes of at least 4 members (excludes halogenated alkanes) is 2. The van der Waals surface area contributed by atoms with Gasteiger partial charge >= 0.3 is 0 Å². The minimum Gasteiger partial charge on any atom is -0.317 e. The molecule has 0 radical (unpaired) electrons. The van der Waals surface area contributed by atoms with Gasteiger partial charge < -0.3 is 10.6 Å². The summed E-state index contributed by atoms with van der Waals surface area (Å²) in [6.45, 7) is 8.99. The summed E-state index contributed by atoms with van der Waals surface area (Å²) in [7, 11) is 0. The van der Waals surface area contributed by atoms with E-state index in [9.17, 15) is 0 Å². The molecule has 2 N–H and O–H groups in total. The highest BCUT2D eigenvalue weighted by Gasteiger charge is 1.87. The summed E-state index contributed by atoms with van der Waals surface area (Å²) in [5.41, 5.74) is 0. The topological polar surface area (TPSA) is 24.1 Å². The second-order valence-electron chi connectivity index (χ2n) is 3.16. The maximum atomic E-state index is 3.44. The Hall–Kier alpha value is -0.0800. The zero-order chi connectivity index (χ0) is 9.07. The van der Waals surface area contributed by atoms with Crippen molar-refractivity contribution < 1.29 is 0 Å². The molecule has 74 valence electrons. The number of hydrogen-bond acceptors (Lipinski definition) is 2. The Morgan fingerprint density at radius 1 is 0.750 bits per heavy atom. The maximum Gasteiger partial charge on any atom is -0.00368 e. The van der Waals surface area contributed by atoms with Crippen molar-refractivity contribution in [2.75, 3.05) is 26.2 Å². The third kappa shape index (κ3) is 9.92. The van der Waals surface area contributed by atoms with Crippen molar-refractivity contribution in [2.24, 2.45) is 0 Å². The van der Waals surface area contributed by atoms with Crippen LogP contribution in [0.25, 0.3) is 0 Å². The molecular weight excluding hydrogens is 148 g/mol. The molecule has 0 rings (SSSR count). The standard InChI is InChI=1S/C10H24N2/c1-3-5-6-8-12-10-7-9-11-4-2/h11-12H,3-10H2,1-2H3. The minimum absolute atomic E-state index is 1.09. The third-order valence-corrected chi connectivity index (χ3v) is 1.91. The van der Waals surface area contributed by atoms with Gasteiger partial charge in [-0.05, 0) is 39.0 Å². The third-order valence-electron chi connectivity index (χ3n) is 1.91. The van der Waals surface area contributed by atoms with Gasteiger partial charge in [-0.25, -0.2) is 0 Å². The molecule has 0 spiro atoms. The van der Waals surface area contributed by atoms with Gasteiger partial charge in [-0.3, -0.25) is 0 Å². The summed E-state index contributed by atoms with van der Waals surface area (Å²) in [6.07, 6.45) is 5.26. The van der Waals surface area contributed by atoms with Gasteiger partial charge in [0.2, 0.25) is 0 Å². The lowest BCUT2D eigenvalue weighted by Crippen LogP contribution is -2.22. The molecule has 0 saturated heterocycles. The molecule has 0 heterocycles. The monoisotopic (exact) mass is 172 g/mol. The first-order valence-corrected chi connectivity index (χ1v) is 5.33. The van der Waals surface area contributed by atoms with E-state index in [0.717, 1.165) is 19.6 Å². The largest absolute Gasteiger partial charge is 0.317 e. The first-order valence-electron chi connectivity index (χ1n) is 5.33. The van der Waals surface area contributed by atoms with Crippen molar-refractivity contribution in [3.8, 4) is 0 Å². The van der Waals surface area contributed by atoms with E-state index in [4.69, 9.17) is 0 Å².